The van der Waals surface area contributed by atoms with Crippen molar-refractivity contribution in [3.05, 3.63) is 59.1 Å². The minimum Gasteiger partial charge on any atom is -0.457 e. The standard InChI is InChI=1S/C13H10ClO/c1-10-7-8-12(9-13(10)14)15-11-5-3-2-4-6-11/h3-9H,1H3. The third kappa shape index (κ3) is 2.51. The largest absolute Gasteiger partial charge is 0.457 e. The summed E-state index contributed by atoms with van der Waals surface area (Å²) in [4.78, 5) is 0. The summed E-state index contributed by atoms with van der Waals surface area (Å²) in [6, 6.07) is 15.9. The van der Waals surface area contributed by atoms with Gasteiger partial charge in [-0.3, -0.25) is 0 Å². The first-order chi connectivity index (χ1) is 7.25. The van der Waals surface area contributed by atoms with Crippen molar-refractivity contribution < 1.29 is 4.74 Å². The molecule has 0 spiro atoms. The van der Waals surface area contributed by atoms with E-state index < -0.39 is 0 Å². The van der Waals surface area contributed by atoms with E-state index >= 15 is 0 Å². The lowest BCUT2D eigenvalue weighted by molar-refractivity contribution is 0.482. The summed E-state index contributed by atoms with van der Waals surface area (Å²) in [6.45, 7) is 1.96. The van der Waals surface area contributed by atoms with Gasteiger partial charge in [-0.1, -0.05) is 29.8 Å². The van der Waals surface area contributed by atoms with Crippen molar-refractivity contribution in [2.24, 2.45) is 0 Å². The van der Waals surface area contributed by atoms with Gasteiger partial charge in [0, 0.05) is 5.02 Å². The van der Waals surface area contributed by atoms with Gasteiger partial charge in [-0.25, -0.2) is 0 Å². The van der Waals surface area contributed by atoms with Crippen molar-refractivity contribution in [2.75, 3.05) is 0 Å². The van der Waals surface area contributed by atoms with Gasteiger partial charge in [-0.05, 0) is 42.8 Å². The third-order valence-corrected chi connectivity index (χ3v) is 2.47. The molecule has 0 bridgehead atoms. The average molecular weight is 218 g/mol. The van der Waals surface area contributed by atoms with Crippen LogP contribution in [0.4, 0.5) is 0 Å². The topological polar surface area (TPSA) is 9.23 Å². The Hall–Kier alpha value is -1.47. The first kappa shape index (κ1) is 10.1. The van der Waals surface area contributed by atoms with Gasteiger partial charge >= 0.3 is 0 Å². The lowest BCUT2D eigenvalue weighted by Gasteiger charge is -2.06. The quantitative estimate of drug-likeness (QED) is 0.731. The maximum atomic E-state index is 5.99. The fraction of sp³-hybridized carbons (Fsp3) is 0.0769. The van der Waals surface area contributed by atoms with Crippen LogP contribution in [0.15, 0.2) is 42.5 Å². The van der Waals surface area contributed by atoms with Crippen LogP contribution in [0.25, 0.3) is 0 Å². The van der Waals surface area contributed by atoms with E-state index in [1.165, 1.54) is 0 Å². The molecule has 75 valence electrons. The monoisotopic (exact) mass is 217 g/mol. The van der Waals surface area contributed by atoms with Crippen LogP contribution in [0.2, 0.25) is 5.02 Å². The summed E-state index contributed by atoms with van der Waals surface area (Å²) in [5.74, 6) is 1.53. The zero-order valence-electron chi connectivity index (χ0n) is 8.33. The van der Waals surface area contributed by atoms with E-state index in [0.717, 1.165) is 22.1 Å². The van der Waals surface area contributed by atoms with Gasteiger partial charge in [0.15, 0.2) is 0 Å². The molecule has 0 amide bonds. The second-order valence-electron chi connectivity index (χ2n) is 3.25. The zero-order chi connectivity index (χ0) is 10.7. The molecule has 0 fully saturated rings. The third-order valence-electron chi connectivity index (χ3n) is 2.07. The molecule has 2 heteroatoms. The van der Waals surface area contributed by atoms with E-state index in [-0.39, 0.29) is 0 Å². The van der Waals surface area contributed by atoms with Crippen molar-refractivity contribution in [1.82, 2.24) is 0 Å². The normalized spacial score (nSPS) is 10.0. The molecule has 0 heterocycles. The predicted molar refractivity (Wildman–Crippen MR) is 61.5 cm³/mol. The average Bonchev–Trinajstić information content (AvgIpc) is 2.25. The lowest BCUT2D eigenvalue weighted by Crippen LogP contribution is -1.84. The Morgan fingerprint density at radius 1 is 1.07 bits per heavy atom. The molecule has 0 atom stereocenters. The summed E-state index contributed by atoms with van der Waals surface area (Å²) >= 11 is 5.99. The maximum absolute atomic E-state index is 5.99. The highest BCUT2D eigenvalue weighted by atomic mass is 35.5. The Morgan fingerprint density at radius 3 is 2.47 bits per heavy atom. The first-order valence-electron chi connectivity index (χ1n) is 4.66. The second kappa shape index (κ2) is 4.37. The fourth-order valence-corrected chi connectivity index (χ4v) is 1.38. The van der Waals surface area contributed by atoms with Crippen LogP contribution >= 0.6 is 11.6 Å². The van der Waals surface area contributed by atoms with Crippen LogP contribution in [0.1, 0.15) is 5.56 Å². The van der Waals surface area contributed by atoms with Crippen LogP contribution in [-0.4, -0.2) is 0 Å². The Kier molecular flexibility index (Phi) is 2.93. The molecule has 2 aromatic rings. The second-order valence-corrected chi connectivity index (χ2v) is 3.66. The van der Waals surface area contributed by atoms with Gasteiger partial charge < -0.3 is 4.74 Å². The van der Waals surface area contributed by atoms with E-state index in [9.17, 15) is 0 Å². The van der Waals surface area contributed by atoms with Gasteiger partial charge in [-0.2, -0.15) is 0 Å². The van der Waals surface area contributed by atoms with Crippen LogP contribution in [0.5, 0.6) is 11.5 Å². The highest BCUT2D eigenvalue weighted by molar-refractivity contribution is 6.31. The maximum Gasteiger partial charge on any atom is 0.128 e. The summed E-state index contributed by atoms with van der Waals surface area (Å²) < 4.78 is 5.61. The van der Waals surface area contributed by atoms with Crippen molar-refractivity contribution in [1.29, 1.82) is 0 Å². The number of rotatable bonds is 2. The molecule has 0 unspecified atom stereocenters. The summed E-state index contributed by atoms with van der Waals surface area (Å²) in [5, 5.41) is 0.718. The lowest BCUT2D eigenvalue weighted by atomic mass is 10.2. The molecule has 0 saturated heterocycles. The molecule has 0 aromatic heterocycles. The van der Waals surface area contributed by atoms with Crippen LogP contribution < -0.4 is 4.74 Å². The van der Waals surface area contributed by atoms with Gasteiger partial charge in [0.2, 0.25) is 0 Å². The molecule has 0 aliphatic rings. The van der Waals surface area contributed by atoms with Crippen LogP contribution in [0, 0.1) is 13.0 Å². The van der Waals surface area contributed by atoms with Crippen molar-refractivity contribution in [3.63, 3.8) is 0 Å². The predicted octanol–water partition coefficient (Wildman–Crippen LogP) is 4.24. The molecule has 1 nitrogen and oxygen atoms in total. The Morgan fingerprint density at radius 2 is 1.80 bits per heavy atom. The highest BCUT2D eigenvalue weighted by Crippen LogP contribution is 2.25. The fourth-order valence-electron chi connectivity index (χ4n) is 1.21. The molecule has 0 aliphatic carbocycles. The zero-order valence-corrected chi connectivity index (χ0v) is 9.08. The molecule has 2 aromatic carbocycles. The number of hydrogen-bond donors (Lipinski definition) is 0. The Balaban J connectivity index is 2.22. The van der Waals surface area contributed by atoms with E-state index in [4.69, 9.17) is 16.3 Å². The molecule has 15 heavy (non-hydrogen) atoms. The minimum atomic E-state index is 0.718. The van der Waals surface area contributed by atoms with E-state index in [1.807, 2.05) is 49.4 Å². The molecule has 1 radical (unpaired) electrons. The highest BCUT2D eigenvalue weighted by Gasteiger charge is 1.99. The van der Waals surface area contributed by atoms with Crippen molar-refractivity contribution >= 4 is 11.6 Å². The number of halogens is 1. The number of aryl methyl sites for hydroxylation is 1. The molecule has 2 rings (SSSR count). The summed E-state index contributed by atoms with van der Waals surface area (Å²) in [7, 11) is 0. The molecule has 0 saturated carbocycles. The van der Waals surface area contributed by atoms with Crippen molar-refractivity contribution in [2.45, 2.75) is 6.92 Å². The van der Waals surface area contributed by atoms with E-state index in [1.54, 1.807) is 0 Å². The SMILES string of the molecule is Cc1ccc(Oc2cc[c]cc2)cc1Cl. The molecule has 0 N–H and O–H groups in total. The summed E-state index contributed by atoms with van der Waals surface area (Å²) in [5.41, 5.74) is 1.05. The first-order valence-corrected chi connectivity index (χ1v) is 5.03. The smallest absolute Gasteiger partial charge is 0.128 e. The molecular weight excluding hydrogens is 208 g/mol. The number of ether oxygens (including phenoxy) is 1. The van der Waals surface area contributed by atoms with Gasteiger partial charge in [0.1, 0.15) is 11.5 Å². The molecular formula is C13H10ClO. The summed E-state index contributed by atoms with van der Waals surface area (Å²) in [6.07, 6.45) is 0. The van der Waals surface area contributed by atoms with E-state index in [2.05, 4.69) is 6.07 Å². The van der Waals surface area contributed by atoms with Gasteiger partial charge in [-0.15, -0.1) is 0 Å². The molecule has 0 aliphatic heterocycles. The van der Waals surface area contributed by atoms with Crippen molar-refractivity contribution in [3.8, 4) is 11.5 Å². The van der Waals surface area contributed by atoms with Gasteiger partial charge in [0.05, 0.1) is 0 Å². The van der Waals surface area contributed by atoms with Crippen LogP contribution in [0.3, 0.4) is 0 Å². The minimum absolute atomic E-state index is 0.718. The Bertz CT molecular complexity index is 451. The van der Waals surface area contributed by atoms with Gasteiger partial charge in [0.25, 0.3) is 0 Å². The van der Waals surface area contributed by atoms with E-state index in [0.29, 0.717) is 0 Å². The van der Waals surface area contributed by atoms with Crippen LogP contribution in [-0.2, 0) is 0 Å². The number of hydrogen-bond acceptors (Lipinski definition) is 1. The number of benzene rings is 2. The Labute approximate surface area is 94.3 Å².